The molecule has 158 valence electrons. The van der Waals surface area contributed by atoms with Crippen molar-refractivity contribution in [1.29, 1.82) is 0 Å². The predicted molar refractivity (Wildman–Crippen MR) is 112 cm³/mol. The molecule has 2 N–H and O–H groups in total. The van der Waals surface area contributed by atoms with Crippen molar-refractivity contribution >= 4 is 11.7 Å². The number of aryl methyl sites for hydroxylation is 1. The highest BCUT2D eigenvalue weighted by atomic mass is 16.5. The van der Waals surface area contributed by atoms with E-state index in [1.54, 1.807) is 25.1 Å². The van der Waals surface area contributed by atoms with Crippen LogP contribution in [0, 0.1) is 6.92 Å². The van der Waals surface area contributed by atoms with Crippen molar-refractivity contribution in [3.05, 3.63) is 94.6 Å². The average Bonchev–Trinajstić information content (AvgIpc) is 3.31. The van der Waals surface area contributed by atoms with E-state index in [0.717, 1.165) is 5.56 Å². The van der Waals surface area contributed by atoms with Crippen LogP contribution in [0.2, 0.25) is 0 Å². The number of phenolic OH excluding ortho intramolecular Hbond substituents is 1. The van der Waals surface area contributed by atoms with Gasteiger partial charge in [-0.1, -0.05) is 36.4 Å². The molecule has 0 saturated heterocycles. The Morgan fingerprint density at radius 2 is 1.84 bits per heavy atom. The first-order valence-corrected chi connectivity index (χ1v) is 9.66. The molecule has 0 bridgehead atoms. The van der Waals surface area contributed by atoms with E-state index in [-0.39, 0.29) is 29.4 Å². The lowest BCUT2D eigenvalue weighted by molar-refractivity contribution is -0.130. The van der Waals surface area contributed by atoms with Gasteiger partial charge in [0.15, 0.2) is 23.0 Å². The van der Waals surface area contributed by atoms with Gasteiger partial charge in [0, 0.05) is 6.54 Å². The van der Waals surface area contributed by atoms with Gasteiger partial charge in [0.25, 0.3) is 5.91 Å². The Kier molecular flexibility index (Phi) is 5.25. The second-order valence-corrected chi connectivity index (χ2v) is 7.25. The Hall–Kier alpha value is -4.00. The third kappa shape index (κ3) is 3.66. The van der Waals surface area contributed by atoms with Gasteiger partial charge in [0.2, 0.25) is 5.78 Å². The van der Waals surface area contributed by atoms with Gasteiger partial charge in [0.05, 0.1) is 18.7 Å². The van der Waals surface area contributed by atoms with Gasteiger partial charge in [-0.25, -0.2) is 0 Å². The number of benzene rings is 2. The second-order valence-electron chi connectivity index (χ2n) is 7.25. The Morgan fingerprint density at radius 3 is 2.48 bits per heavy atom. The van der Waals surface area contributed by atoms with E-state index in [2.05, 4.69) is 0 Å². The monoisotopic (exact) mass is 419 g/mol. The fraction of sp³-hybridized carbons (Fsp3) is 0.167. The maximum atomic E-state index is 13.2. The zero-order valence-corrected chi connectivity index (χ0v) is 17.0. The van der Waals surface area contributed by atoms with Crippen LogP contribution < -0.4 is 4.74 Å². The van der Waals surface area contributed by atoms with Crippen molar-refractivity contribution in [3.8, 4) is 11.5 Å². The molecule has 31 heavy (non-hydrogen) atoms. The maximum Gasteiger partial charge on any atom is 0.290 e. The van der Waals surface area contributed by atoms with Crippen LogP contribution in [0.25, 0.3) is 0 Å². The molecule has 7 heteroatoms. The number of Topliss-reactive ketones (excluding diaryl/α,β-unsaturated/α-hetero) is 1. The summed E-state index contributed by atoms with van der Waals surface area (Å²) in [6.45, 7) is 1.88. The lowest BCUT2D eigenvalue weighted by atomic mass is 9.94. The van der Waals surface area contributed by atoms with Crippen molar-refractivity contribution in [1.82, 2.24) is 4.90 Å². The van der Waals surface area contributed by atoms with Gasteiger partial charge >= 0.3 is 0 Å². The fourth-order valence-corrected chi connectivity index (χ4v) is 3.73. The molecule has 7 nitrogen and oxygen atoms in total. The van der Waals surface area contributed by atoms with E-state index >= 15 is 0 Å². The molecular formula is C24H21NO6. The molecule has 4 rings (SSSR count). The third-order valence-electron chi connectivity index (χ3n) is 5.23. The molecule has 0 aliphatic carbocycles. The predicted octanol–water partition coefficient (Wildman–Crippen LogP) is 4.08. The van der Waals surface area contributed by atoms with Crippen molar-refractivity contribution in [2.75, 3.05) is 7.11 Å². The molecule has 0 saturated carbocycles. The number of amides is 1. The number of methoxy groups -OCH3 is 1. The third-order valence-corrected chi connectivity index (χ3v) is 5.23. The SMILES string of the molecule is COc1cc([C@@H]2C(C(=O)c3ccc(C)o3)=C(O)C(=O)N2Cc2ccccc2)ccc1O. The van der Waals surface area contributed by atoms with Gasteiger partial charge in [-0.2, -0.15) is 0 Å². The number of ketones is 1. The topological polar surface area (TPSA) is 100 Å². The van der Waals surface area contributed by atoms with Gasteiger partial charge < -0.3 is 24.3 Å². The Balaban J connectivity index is 1.83. The number of carbonyl (C=O) groups excluding carboxylic acids is 2. The first-order chi connectivity index (χ1) is 14.9. The lowest BCUT2D eigenvalue weighted by Gasteiger charge is -2.27. The molecule has 2 heterocycles. The maximum absolute atomic E-state index is 13.2. The number of aromatic hydroxyl groups is 1. The number of phenols is 1. The minimum Gasteiger partial charge on any atom is -0.504 e. The number of hydrogen-bond donors (Lipinski definition) is 2. The summed E-state index contributed by atoms with van der Waals surface area (Å²) >= 11 is 0. The normalized spacial score (nSPS) is 16.1. The van der Waals surface area contributed by atoms with Gasteiger partial charge in [-0.05, 0) is 42.3 Å². The van der Waals surface area contributed by atoms with E-state index in [9.17, 15) is 19.8 Å². The van der Waals surface area contributed by atoms with E-state index < -0.39 is 23.5 Å². The van der Waals surface area contributed by atoms with Gasteiger partial charge in [-0.3, -0.25) is 9.59 Å². The highest BCUT2D eigenvalue weighted by molar-refractivity contribution is 6.15. The fourth-order valence-electron chi connectivity index (χ4n) is 3.73. The molecule has 0 unspecified atom stereocenters. The molecule has 1 aromatic heterocycles. The number of aliphatic hydroxyl groups is 1. The summed E-state index contributed by atoms with van der Waals surface area (Å²) in [4.78, 5) is 27.7. The van der Waals surface area contributed by atoms with Crippen molar-refractivity contribution in [2.45, 2.75) is 19.5 Å². The second kappa shape index (κ2) is 8.02. The lowest BCUT2D eigenvalue weighted by Crippen LogP contribution is -2.30. The number of rotatable bonds is 6. The van der Waals surface area contributed by atoms with Crippen LogP contribution >= 0.6 is 0 Å². The molecule has 1 atom stereocenters. The standard InChI is InChI=1S/C24H21NO6/c1-14-8-11-18(31-14)22(27)20-21(16-9-10-17(26)19(12-16)30-2)25(24(29)23(20)28)13-15-6-4-3-5-7-15/h3-12,21,26,28H,13H2,1-2H3/t21-/m1/s1. The van der Waals surface area contributed by atoms with Crippen molar-refractivity contribution in [3.63, 3.8) is 0 Å². The first kappa shape index (κ1) is 20.3. The van der Waals surface area contributed by atoms with Crippen LogP contribution in [0.4, 0.5) is 0 Å². The Labute approximate surface area is 178 Å². The summed E-state index contributed by atoms with van der Waals surface area (Å²) < 4.78 is 10.7. The van der Waals surface area contributed by atoms with Crippen molar-refractivity contribution < 1.29 is 29.0 Å². The summed E-state index contributed by atoms with van der Waals surface area (Å²) in [6.07, 6.45) is 0. The highest BCUT2D eigenvalue weighted by Gasteiger charge is 2.44. The number of furan rings is 1. The molecule has 0 spiro atoms. The zero-order chi connectivity index (χ0) is 22.1. The zero-order valence-electron chi connectivity index (χ0n) is 17.0. The van der Waals surface area contributed by atoms with E-state index in [0.29, 0.717) is 11.3 Å². The minimum atomic E-state index is -0.889. The Morgan fingerprint density at radius 1 is 1.10 bits per heavy atom. The van der Waals surface area contributed by atoms with Crippen LogP contribution in [0.5, 0.6) is 11.5 Å². The summed E-state index contributed by atoms with van der Waals surface area (Å²) in [6, 6.07) is 16.1. The average molecular weight is 419 g/mol. The van der Waals surface area contributed by atoms with Gasteiger partial charge in [0.1, 0.15) is 5.76 Å². The minimum absolute atomic E-state index is 0.0316. The molecular weight excluding hydrogens is 398 g/mol. The number of aliphatic hydroxyl groups excluding tert-OH is 1. The summed E-state index contributed by atoms with van der Waals surface area (Å²) in [7, 11) is 1.41. The van der Waals surface area contributed by atoms with Gasteiger partial charge in [-0.15, -0.1) is 0 Å². The summed E-state index contributed by atoms with van der Waals surface area (Å²) in [5.41, 5.74) is 1.26. The number of ether oxygens (including phenoxy) is 1. The molecule has 3 aromatic rings. The molecule has 1 amide bonds. The van der Waals surface area contributed by atoms with Crippen LogP contribution in [-0.4, -0.2) is 33.9 Å². The molecule has 0 fully saturated rings. The van der Waals surface area contributed by atoms with Crippen LogP contribution in [-0.2, 0) is 11.3 Å². The van der Waals surface area contributed by atoms with Crippen LogP contribution in [0.15, 0.2) is 76.4 Å². The molecule has 1 aliphatic rings. The van der Waals surface area contributed by atoms with Crippen LogP contribution in [0.3, 0.4) is 0 Å². The number of carbonyl (C=O) groups is 2. The summed E-state index contributed by atoms with van der Waals surface area (Å²) in [5.74, 6) is -1.17. The first-order valence-electron chi connectivity index (χ1n) is 9.66. The quantitative estimate of drug-likeness (QED) is 0.584. The number of hydrogen-bond acceptors (Lipinski definition) is 6. The molecule has 1 aliphatic heterocycles. The Bertz CT molecular complexity index is 1180. The van der Waals surface area contributed by atoms with E-state index in [1.807, 2.05) is 30.3 Å². The summed E-state index contributed by atoms with van der Waals surface area (Å²) in [5, 5.41) is 20.7. The molecule has 0 radical (unpaired) electrons. The van der Waals surface area contributed by atoms with Crippen LogP contribution in [0.1, 0.15) is 33.5 Å². The molecule has 2 aromatic carbocycles. The smallest absolute Gasteiger partial charge is 0.290 e. The van der Waals surface area contributed by atoms with E-state index in [4.69, 9.17) is 9.15 Å². The number of nitrogens with zero attached hydrogens (tertiary/aromatic N) is 1. The van der Waals surface area contributed by atoms with Crippen molar-refractivity contribution in [2.24, 2.45) is 0 Å². The highest BCUT2D eigenvalue weighted by Crippen LogP contribution is 2.42. The van der Waals surface area contributed by atoms with E-state index in [1.165, 1.54) is 24.1 Å². The largest absolute Gasteiger partial charge is 0.504 e.